The van der Waals surface area contributed by atoms with Crippen molar-refractivity contribution in [3.8, 4) is 61.6 Å². The molecule has 2 aliphatic heterocycles. The van der Waals surface area contributed by atoms with Crippen molar-refractivity contribution < 1.29 is 21.9 Å². The summed E-state index contributed by atoms with van der Waals surface area (Å²) >= 11 is 0. The number of aromatic nitrogens is 3. The van der Waals surface area contributed by atoms with Gasteiger partial charge in [-0.15, -0.1) is 0 Å². The molecule has 5 heterocycles. The lowest BCUT2D eigenvalue weighted by Gasteiger charge is -2.45. The summed E-state index contributed by atoms with van der Waals surface area (Å²) in [7, 11) is 0. The Kier molecular flexibility index (Phi) is 11.0. The second-order valence-electron chi connectivity index (χ2n) is 27.6. The molecule has 0 unspecified atom stereocenters. The molecule has 0 saturated heterocycles. The number of nitrogens with zero attached hydrogens (tertiary/aromatic N) is 6. The summed E-state index contributed by atoms with van der Waals surface area (Å²) in [4.78, 5) is 6.58. The van der Waals surface area contributed by atoms with E-state index < -0.39 is 103 Å². The Balaban J connectivity index is 0.912. The highest BCUT2D eigenvalue weighted by molar-refractivity contribution is 7.00. The fraction of sp³-hybridized carbons (Fsp3) is 0. The quantitative estimate of drug-likeness (QED) is 0.114. The molecule has 0 atom stereocenters. The molecule has 2 aliphatic rings. The van der Waals surface area contributed by atoms with Crippen LogP contribution in [-0.2, 0) is 0 Å². The van der Waals surface area contributed by atoms with Crippen LogP contribution in [0.4, 0.5) is 51.2 Å². The van der Waals surface area contributed by atoms with Gasteiger partial charge in [-0.2, -0.15) is 0 Å². The van der Waals surface area contributed by atoms with Gasteiger partial charge in [-0.3, -0.25) is 0 Å². The van der Waals surface area contributed by atoms with Crippen LogP contribution < -0.4 is 31.1 Å². The van der Waals surface area contributed by atoms with E-state index in [1.807, 2.05) is 146 Å². The smallest absolute Gasteiger partial charge is 0.252 e. The maximum Gasteiger partial charge on any atom is 0.252 e. The van der Waals surface area contributed by atoms with Gasteiger partial charge in [-0.25, -0.2) is 0 Å². The Labute approximate surface area is 654 Å². The van der Waals surface area contributed by atoms with E-state index in [1.165, 1.54) is 4.57 Å². The highest BCUT2D eigenvalue weighted by Crippen LogP contribution is 2.51. The number of rotatable bonds is 12. The average Bonchev–Trinajstić information content (AvgIpc) is 1.58. The van der Waals surface area contributed by atoms with E-state index in [0.717, 1.165) is 100.0 Å². The second-order valence-corrected chi connectivity index (χ2v) is 27.6. The van der Waals surface area contributed by atoms with Crippen LogP contribution in [-0.4, -0.2) is 20.4 Å². The van der Waals surface area contributed by atoms with E-state index >= 15 is 0 Å². The molecule has 0 bridgehead atoms. The summed E-state index contributed by atoms with van der Waals surface area (Å²) in [5, 5.41) is 1.79. The van der Waals surface area contributed by atoms with Crippen molar-refractivity contribution in [3.05, 3.63) is 406 Å². The second kappa shape index (κ2) is 25.2. The minimum Gasteiger partial charge on any atom is -0.311 e. The number of hydrogen-bond donors (Lipinski definition) is 0. The molecule has 0 fully saturated rings. The van der Waals surface area contributed by atoms with Gasteiger partial charge in [0.25, 0.3) is 6.71 Å². The van der Waals surface area contributed by atoms with Gasteiger partial charge < -0.3 is 28.4 Å². The number of fused-ring (bicyclic) bond motifs is 13. The van der Waals surface area contributed by atoms with Crippen molar-refractivity contribution in [1.82, 2.24) is 13.7 Å². The Hall–Kier alpha value is -14.4. The van der Waals surface area contributed by atoms with E-state index in [-0.39, 0.29) is 55.0 Å². The van der Waals surface area contributed by atoms with Gasteiger partial charge in [0.2, 0.25) is 0 Å². The molecule has 0 spiro atoms. The fourth-order valence-electron chi connectivity index (χ4n) is 16.9. The lowest BCUT2D eigenvalue weighted by molar-refractivity contribution is 1.15. The predicted octanol–water partition coefficient (Wildman–Crippen LogP) is 25.2. The molecule has 0 saturated carbocycles. The summed E-state index contributed by atoms with van der Waals surface area (Å²) in [5.41, 5.74) is 18.1. The molecular weight excluding hydrogens is 1320 g/mol. The molecule has 17 aromatic carbocycles. The van der Waals surface area contributed by atoms with Gasteiger partial charge >= 0.3 is 0 Å². The van der Waals surface area contributed by atoms with Crippen LogP contribution in [0.25, 0.3) is 127 Å². The summed E-state index contributed by atoms with van der Waals surface area (Å²) in [6.07, 6.45) is 0. The van der Waals surface area contributed by atoms with Crippen molar-refractivity contribution in [2.45, 2.75) is 0 Å². The van der Waals surface area contributed by atoms with Gasteiger partial charge in [-0.1, -0.05) is 261 Å². The maximum absolute atomic E-state index is 10.2. The van der Waals surface area contributed by atoms with Crippen LogP contribution >= 0.6 is 0 Å². The monoisotopic (exact) mass is 1400 g/mol. The van der Waals surface area contributed by atoms with Crippen LogP contribution in [0.15, 0.2) is 406 Å². The zero-order valence-electron chi connectivity index (χ0n) is 74.2. The van der Waals surface area contributed by atoms with Crippen LogP contribution in [0.1, 0.15) is 21.9 Å². The SMILES string of the molecule is [2H]c1c([2H])c([2H])c2c(c1[2H])c1c([2H])c([2H])c([2H])c([2H])c1n2-c1ccc2c(c1)N(c1cc(-c3ccccc3)cc(-c3ccccc3)c1)c1cc(-n3c4c([2H])c([2H])c([2H])c([2H])c4c4c([2H])c([2H])c([2H])c([2H])c43)cc3c1B2c1ccc(N(c2ccccc2)c2ccc(-n4c5ccccc5c5ccccc54)cc2)cc1N3c1cc(-c2ccccc2)cc(-c2ccccc2)c1. The molecule has 0 radical (unpaired) electrons. The third-order valence-electron chi connectivity index (χ3n) is 21.6. The molecular formula is C102H67BN6. The lowest BCUT2D eigenvalue weighted by atomic mass is 9.33. The first-order chi connectivity index (χ1) is 60.7. The summed E-state index contributed by atoms with van der Waals surface area (Å²) in [6, 6.07) is 95.9. The van der Waals surface area contributed by atoms with Crippen molar-refractivity contribution in [2.75, 3.05) is 14.7 Å². The first-order valence-electron chi connectivity index (χ1n) is 44.3. The van der Waals surface area contributed by atoms with Gasteiger partial charge in [0, 0.05) is 94.9 Å². The third kappa shape index (κ3) is 10.0. The molecule has 0 aliphatic carbocycles. The summed E-state index contributed by atoms with van der Waals surface area (Å²) in [5.74, 6) is 0. The van der Waals surface area contributed by atoms with Crippen molar-refractivity contribution in [3.63, 3.8) is 0 Å². The van der Waals surface area contributed by atoms with Crippen LogP contribution in [0, 0.1) is 0 Å². The molecule has 6 nitrogen and oxygen atoms in total. The Bertz CT molecular complexity index is 7690. The van der Waals surface area contributed by atoms with E-state index in [1.54, 1.807) is 4.57 Å². The Morgan fingerprint density at radius 2 is 0.550 bits per heavy atom. The summed E-state index contributed by atoms with van der Waals surface area (Å²) in [6.45, 7) is -0.803. The summed E-state index contributed by atoms with van der Waals surface area (Å²) < 4.78 is 159. The normalized spacial score (nSPS) is 14.4. The largest absolute Gasteiger partial charge is 0.311 e. The topological polar surface area (TPSA) is 24.5 Å². The molecule has 20 aromatic rings. The first kappa shape index (κ1) is 47.9. The Morgan fingerprint density at radius 3 is 0.991 bits per heavy atom. The zero-order chi connectivity index (χ0) is 85.5. The fourth-order valence-corrected chi connectivity index (χ4v) is 16.9. The van der Waals surface area contributed by atoms with Crippen LogP contribution in [0.3, 0.4) is 0 Å². The highest BCUT2D eigenvalue weighted by Gasteiger charge is 2.45. The third-order valence-corrected chi connectivity index (χ3v) is 21.6. The van der Waals surface area contributed by atoms with Crippen molar-refractivity contribution in [1.29, 1.82) is 0 Å². The van der Waals surface area contributed by atoms with E-state index in [2.05, 4.69) is 183 Å². The molecule has 508 valence electrons. The molecule has 3 aromatic heterocycles. The minimum absolute atomic E-state index is 0.0914. The van der Waals surface area contributed by atoms with Crippen molar-refractivity contribution in [2.24, 2.45) is 0 Å². The zero-order valence-corrected chi connectivity index (χ0v) is 58.2. The van der Waals surface area contributed by atoms with Crippen molar-refractivity contribution >= 4 is 140 Å². The van der Waals surface area contributed by atoms with Gasteiger partial charge in [0.1, 0.15) is 0 Å². The van der Waals surface area contributed by atoms with Gasteiger partial charge in [0.05, 0.1) is 60.7 Å². The number of anilines is 9. The average molecular weight is 1400 g/mol. The predicted molar refractivity (Wildman–Crippen MR) is 460 cm³/mol. The van der Waals surface area contributed by atoms with Crippen LogP contribution in [0.5, 0.6) is 0 Å². The Morgan fingerprint density at radius 1 is 0.220 bits per heavy atom. The minimum atomic E-state index is -0.803. The molecule has 0 N–H and O–H groups in total. The molecule has 7 heteroatoms. The first-order valence-corrected chi connectivity index (χ1v) is 36.3. The maximum atomic E-state index is 10.2. The highest BCUT2D eigenvalue weighted by atomic mass is 15.2. The van der Waals surface area contributed by atoms with E-state index in [4.69, 9.17) is 2.74 Å². The van der Waals surface area contributed by atoms with Gasteiger partial charge in [-0.05, 0) is 206 Å². The number of para-hydroxylation sites is 7. The lowest BCUT2D eigenvalue weighted by Crippen LogP contribution is -2.61. The van der Waals surface area contributed by atoms with Gasteiger partial charge in [0.15, 0.2) is 0 Å². The standard InChI is InChI=1S/C102H67BN6/c1-6-28-68(29-7-1)72-58-73(69-30-8-2-9-31-69)61-81(60-72)108-98-64-79(104(76-36-14-5-15-37-76)77-50-52-78(53-51-77)105-92-44-22-16-38-84(92)85-39-17-23-45-93(85)105)54-56-90(98)103-91-57-55-80(106-94-46-24-18-40-86(94)87-41-19-25-47-95(87)106)65-99(91)109(82-62-74(70-32-10-3-11-33-70)59-75(63-82)71-34-12-4-13-35-71)101-67-83(66-100(108)102(101)103)107-96-48-26-20-42-88(96)89-43-21-27-49-97(89)107/h1-67H/i18D,19D,20D,21D,24D,25D,26D,27D,40D,41D,42D,43D,46D,47D,48D,49D. The molecule has 109 heavy (non-hydrogen) atoms. The number of benzene rings is 17. The molecule has 22 rings (SSSR count). The van der Waals surface area contributed by atoms with Crippen LogP contribution in [0.2, 0.25) is 0 Å². The van der Waals surface area contributed by atoms with E-state index in [0.29, 0.717) is 39.6 Å². The number of hydrogen-bond acceptors (Lipinski definition) is 3. The van der Waals surface area contributed by atoms with E-state index in [9.17, 15) is 19.2 Å². The molecule has 0 amide bonds.